The van der Waals surface area contributed by atoms with Crippen LogP contribution in [-0.2, 0) is 9.59 Å². The number of hydrogen-bond acceptors (Lipinski definition) is 3. The van der Waals surface area contributed by atoms with Crippen LogP contribution in [0.25, 0.3) is 0 Å². The molecule has 0 radical (unpaired) electrons. The van der Waals surface area contributed by atoms with E-state index in [4.69, 9.17) is 0 Å². The van der Waals surface area contributed by atoms with Gasteiger partial charge in [-0.1, -0.05) is 34.1 Å². The third kappa shape index (κ3) is 3.94. The van der Waals surface area contributed by atoms with Crippen LogP contribution in [0.5, 0.6) is 0 Å². The minimum Gasteiger partial charge on any atom is -0.368 e. The van der Waals surface area contributed by atoms with Gasteiger partial charge in [0.15, 0.2) is 0 Å². The number of amides is 2. The quantitative estimate of drug-likeness (QED) is 0.806. The number of anilines is 2. The second kappa shape index (κ2) is 7.49. The van der Waals surface area contributed by atoms with Crippen LogP contribution in [0.3, 0.4) is 0 Å². The fourth-order valence-corrected chi connectivity index (χ4v) is 2.93. The van der Waals surface area contributed by atoms with E-state index in [-0.39, 0.29) is 0 Å². The molecule has 5 nitrogen and oxygen atoms in total. The lowest BCUT2D eigenvalue weighted by atomic mass is 10.2. The third-order valence-electron chi connectivity index (χ3n) is 3.98. The minimum absolute atomic E-state index is 0.481. The van der Waals surface area contributed by atoms with E-state index in [0.29, 0.717) is 18.8 Å². The summed E-state index contributed by atoms with van der Waals surface area (Å²) in [6.07, 6.45) is 0. The zero-order valence-corrected chi connectivity index (χ0v) is 14.7. The van der Waals surface area contributed by atoms with E-state index >= 15 is 0 Å². The lowest BCUT2D eigenvalue weighted by Crippen LogP contribution is -2.51. The van der Waals surface area contributed by atoms with Crippen molar-refractivity contribution in [2.75, 3.05) is 36.4 Å². The fourth-order valence-electron chi connectivity index (χ4n) is 2.67. The Labute approximate surface area is 149 Å². The first-order chi connectivity index (χ1) is 11.6. The van der Waals surface area contributed by atoms with Crippen LogP contribution in [0, 0.1) is 0 Å². The fraction of sp³-hybridized carbons (Fsp3) is 0.222. The maximum Gasteiger partial charge on any atom is 0.313 e. The predicted molar refractivity (Wildman–Crippen MR) is 98.0 cm³/mol. The highest BCUT2D eigenvalue weighted by atomic mass is 79.9. The van der Waals surface area contributed by atoms with Gasteiger partial charge in [0, 0.05) is 42.0 Å². The molecule has 1 aliphatic heterocycles. The van der Waals surface area contributed by atoms with Gasteiger partial charge in [0.2, 0.25) is 0 Å². The molecule has 2 aromatic rings. The average Bonchev–Trinajstić information content (AvgIpc) is 2.64. The number of hydrogen-bond donors (Lipinski definition) is 1. The van der Waals surface area contributed by atoms with Crippen LogP contribution in [0.1, 0.15) is 0 Å². The molecule has 0 atom stereocenters. The highest BCUT2D eigenvalue weighted by Gasteiger charge is 2.26. The van der Waals surface area contributed by atoms with Crippen molar-refractivity contribution in [3.63, 3.8) is 0 Å². The minimum atomic E-state index is -0.592. The summed E-state index contributed by atoms with van der Waals surface area (Å²) >= 11 is 3.34. The summed E-state index contributed by atoms with van der Waals surface area (Å²) < 4.78 is 0.920. The van der Waals surface area contributed by atoms with E-state index in [1.807, 2.05) is 30.3 Å². The van der Waals surface area contributed by atoms with Crippen molar-refractivity contribution in [3.8, 4) is 0 Å². The summed E-state index contributed by atoms with van der Waals surface area (Å²) in [5.41, 5.74) is 1.75. The number of halogens is 1. The molecule has 0 aliphatic carbocycles. The molecule has 1 fully saturated rings. The molecule has 1 saturated heterocycles. The van der Waals surface area contributed by atoms with Crippen LogP contribution >= 0.6 is 15.9 Å². The first kappa shape index (κ1) is 16.5. The summed E-state index contributed by atoms with van der Waals surface area (Å²) in [5, 5.41) is 2.64. The number of carbonyl (C=O) groups excluding carboxylic acids is 2. The number of rotatable bonds is 2. The lowest BCUT2D eigenvalue weighted by Gasteiger charge is -2.35. The van der Waals surface area contributed by atoms with Crippen LogP contribution in [0.15, 0.2) is 59.1 Å². The number of benzene rings is 2. The van der Waals surface area contributed by atoms with Crippen molar-refractivity contribution in [2.45, 2.75) is 0 Å². The second-order valence-corrected chi connectivity index (χ2v) is 6.49. The summed E-state index contributed by atoms with van der Waals surface area (Å²) in [6.45, 7) is 2.53. The molecule has 0 aromatic heterocycles. The normalized spacial score (nSPS) is 14.4. The van der Waals surface area contributed by atoms with E-state index in [1.165, 1.54) is 0 Å². The van der Waals surface area contributed by atoms with E-state index in [0.717, 1.165) is 23.2 Å². The Kier molecular flexibility index (Phi) is 5.15. The topological polar surface area (TPSA) is 52.7 Å². The second-order valence-electron chi connectivity index (χ2n) is 5.58. The molecule has 0 saturated carbocycles. The highest BCUT2D eigenvalue weighted by Crippen LogP contribution is 2.16. The maximum atomic E-state index is 12.3. The molecular formula is C18H18BrN3O2. The van der Waals surface area contributed by atoms with Crippen molar-refractivity contribution in [1.29, 1.82) is 0 Å². The van der Waals surface area contributed by atoms with Crippen molar-refractivity contribution in [1.82, 2.24) is 4.90 Å². The van der Waals surface area contributed by atoms with Crippen LogP contribution in [-0.4, -0.2) is 42.9 Å². The van der Waals surface area contributed by atoms with E-state index in [2.05, 4.69) is 38.3 Å². The molecule has 3 rings (SSSR count). The van der Waals surface area contributed by atoms with Crippen LogP contribution < -0.4 is 10.2 Å². The van der Waals surface area contributed by atoms with Gasteiger partial charge in [0.25, 0.3) is 0 Å². The Bertz CT molecular complexity index is 711. The molecule has 24 heavy (non-hydrogen) atoms. The van der Waals surface area contributed by atoms with Gasteiger partial charge in [-0.2, -0.15) is 0 Å². The highest BCUT2D eigenvalue weighted by molar-refractivity contribution is 9.10. The standard InChI is InChI=1S/C18H18BrN3O2/c19-14-6-8-15(9-7-14)20-17(23)18(24)22-12-10-21(11-13-22)16-4-2-1-3-5-16/h1-9H,10-13H2,(H,20,23). The number of nitrogens with zero attached hydrogens (tertiary/aromatic N) is 2. The summed E-state index contributed by atoms with van der Waals surface area (Å²) in [5.74, 6) is -1.07. The monoisotopic (exact) mass is 387 g/mol. The molecule has 1 aliphatic rings. The molecule has 0 bridgehead atoms. The summed E-state index contributed by atoms with van der Waals surface area (Å²) in [6, 6.07) is 17.2. The Hall–Kier alpha value is -2.34. The molecule has 2 amide bonds. The van der Waals surface area contributed by atoms with Gasteiger partial charge < -0.3 is 15.1 Å². The predicted octanol–water partition coefficient (Wildman–Crippen LogP) is 2.74. The molecule has 124 valence electrons. The van der Waals surface area contributed by atoms with Crippen molar-refractivity contribution in [3.05, 3.63) is 59.1 Å². The first-order valence-electron chi connectivity index (χ1n) is 7.79. The Morgan fingerprint density at radius 1 is 0.875 bits per heavy atom. The maximum absolute atomic E-state index is 12.3. The number of carbonyl (C=O) groups is 2. The molecule has 1 heterocycles. The SMILES string of the molecule is O=C(Nc1ccc(Br)cc1)C(=O)N1CCN(c2ccccc2)CC1. The lowest BCUT2D eigenvalue weighted by molar-refractivity contribution is -0.143. The molecule has 6 heteroatoms. The summed E-state index contributed by atoms with van der Waals surface area (Å²) in [7, 11) is 0. The summed E-state index contributed by atoms with van der Waals surface area (Å²) in [4.78, 5) is 28.2. The van der Waals surface area contributed by atoms with Gasteiger partial charge in [-0.15, -0.1) is 0 Å². The third-order valence-corrected chi connectivity index (χ3v) is 4.51. The number of nitrogens with one attached hydrogen (secondary N) is 1. The van der Waals surface area contributed by atoms with Crippen molar-refractivity contribution in [2.24, 2.45) is 0 Å². The van der Waals surface area contributed by atoms with Crippen LogP contribution in [0.4, 0.5) is 11.4 Å². The number of piperazine rings is 1. The van der Waals surface area contributed by atoms with Gasteiger partial charge >= 0.3 is 11.8 Å². The average molecular weight is 388 g/mol. The molecule has 0 unspecified atom stereocenters. The molecule has 1 N–H and O–H groups in total. The molecular weight excluding hydrogens is 370 g/mol. The Balaban J connectivity index is 1.54. The van der Waals surface area contributed by atoms with Gasteiger partial charge in [0.1, 0.15) is 0 Å². The van der Waals surface area contributed by atoms with Crippen molar-refractivity contribution < 1.29 is 9.59 Å². The largest absolute Gasteiger partial charge is 0.368 e. The zero-order chi connectivity index (χ0) is 16.9. The number of para-hydroxylation sites is 1. The van der Waals surface area contributed by atoms with Gasteiger partial charge in [-0.05, 0) is 36.4 Å². The zero-order valence-electron chi connectivity index (χ0n) is 13.1. The van der Waals surface area contributed by atoms with Gasteiger partial charge in [-0.25, -0.2) is 0 Å². The first-order valence-corrected chi connectivity index (χ1v) is 8.58. The Morgan fingerprint density at radius 3 is 2.12 bits per heavy atom. The van der Waals surface area contributed by atoms with E-state index in [1.54, 1.807) is 17.0 Å². The molecule has 2 aromatic carbocycles. The van der Waals surface area contributed by atoms with E-state index < -0.39 is 11.8 Å². The molecule has 0 spiro atoms. The van der Waals surface area contributed by atoms with Crippen molar-refractivity contribution >= 4 is 39.1 Å². The van der Waals surface area contributed by atoms with E-state index in [9.17, 15) is 9.59 Å². The Morgan fingerprint density at radius 2 is 1.50 bits per heavy atom. The van der Waals surface area contributed by atoms with Gasteiger partial charge in [0.05, 0.1) is 0 Å². The van der Waals surface area contributed by atoms with Gasteiger partial charge in [-0.3, -0.25) is 9.59 Å². The van der Waals surface area contributed by atoms with Crippen LogP contribution in [0.2, 0.25) is 0 Å². The smallest absolute Gasteiger partial charge is 0.313 e.